The molecule has 0 saturated heterocycles. The van der Waals surface area contributed by atoms with Crippen LogP contribution in [-0.2, 0) is 0 Å². The second-order valence-electron chi connectivity index (χ2n) is 2.38. The normalized spacial score (nSPS) is 9.71. The number of aromatic amines is 1. The molecule has 0 atom stereocenters. The highest BCUT2D eigenvalue weighted by Crippen LogP contribution is 2.11. The van der Waals surface area contributed by atoms with Crippen LogP contribution in [0.25, 0.3) is 0 Å². The fourth-order valence-corrected chi connectivity index (χ4v) is 0.862. The lowest BCUT2D eigenvalue weighted by atomic mass is 10.6. The van der Waals surface area contributed by atoms with Gasteiger partial charge in [-0.05, 0) is 0 Å². The van der Waals surface area contributed by atoms with Gasteiger partial charge in [-0.25, -0.2) is 14.8 Å². The van der Waals surface area contributed by atoms with E-state index in [1.54, 1.807) is 0 Å². The number of hydrogen-bond acceptors (Lipinski definition) is 5. The minimum absolute atomic E-state index is 0.283. The maximum absolute atomic E-state index is 10.8. The van der Waals surface area contributed by atoms with Crippen LogP contribution < -0.4 is 10.4 Å². The van der Waals surface area contributed by atoms with E-state index in [0.717, 1.165) is 0 Å². The molecule has 6 heteroatoms. The molecule has 0 bridgehead atoms. The summed E-state index contributed by atoms with van der Waals surface area (Å²) in [5.41, 5.74) is -0.466. The van der Waals surface area contributed by atoms with Crippen molar-refractivity contribution in [1.82, 2.24) is 19.9 Å². The molecule has 0 aliphatic carbocycles. The third kappa shape index (κ3) is 1.92. The van der Waals surface area contributed by atoms with Crippen LogP contribution in [0, 0.1) is 0 Å². The molecule has 0 amide bonds. The Hall–Kier alpha value is -2.24. The van der Waals surface area contributed by atoms with E-state index < -0.39 is 5.69 Å². The number of nitrogens with one attached hydrogen (secondary N) is 1. The molecule has 14 heavy (non-hydrogen) atoms. The summed E-state index contributed by atoms with van der Waals surface area (Å²) in [5, 5.41) is 0. The van der Waals surface area contributed by atoms with Gasteiger partial charge >= 0.3 is 5.69 Å². The molecule has 70 valence electrons. The first-order valence-electron chi connectivity index (χ1n) is 3.84. The van der Waals surface area contributed by atoms with E-state index in [1.165, 1.54) is 30.9 Å². The second kappa shape index (κ2) is 3.65. The van der Waals surface area contributed by atoms with Crippen LogP contribution in [0.4, 0.5) is 0 Å². The van der Waals surface area contributed by atoms with Gasteiger partial charge in [-0.3, -0.25) is 9.97 Å². The average molecular weight is 190 g/mol. The van der Waals surface area contributed by atoms with Gasteiger partial charge in [0.15, 0.2) is 0 Å². The van der Waals surface area contributed by atoms with Crippen molar-refractivity contribution in [2.75, 3.05) is 0 Å². The van der Waals surface area contributed by atoms with Crippen LogP contribution in [-0.4, -0.2) is 19.9 Å². The van der Waals surface area contributed by atoms with Crippen molar-refractivity contribution in [3.8, 4) is 11.8 Å². The van der Waals surface area contributed by atoms with E-state index in [0.29, 0.717) is 5.88 Å². The molecule has 1 N–H and O–H groups in total. The predicted octanol–water partition coefficient (Wildman–Crippen LogP) is 0.352. The monoisotopic (exact) mass is 190 g/mol. The van der Waals surface area contributed by atoms with Crippen LogP contribution in [0.2, 0.25) is 0 Å². The zero-order valence-electron chi connectivity index (χ0n) is 7.04. The maximum atomic E-state index is 10.8. The van der Waals surface area contributed by atoms with E-state index in [4.69, 9.17) is 4.74 Å². The number of rotatable bonds is 2. The van der Waals surface area contributed by atoms with E-state index in [9.17, 15) is 4.79 Å². The van der Waals surface area contributed by atoms with E-state index in [2.05, 4.69) is 19.9 Å². The Labute approximate surface area is 78.6 Å². The Kier molecular flexibility index (Phi) is 2.18. The maximum Gasteiger partial charge on any atom is 0.347 e. The van der Waals surface area contributed by atoms with Crippen LogP contribution in [0.15, 0.2) is 35.6 Å². The summed E-state index contributed by atoms with van der Waals surface area (Å²) in [6.07, 6.45) is 5.82. The van der Waals surface area contributed by atoms with Crippen molar-refractivity contribution < 1.29 is 4.74 Å². The summed E-state index contributed by atoms with van der Waals surface area (Å²) >= 11 is 0. The van der Waals surface area contributed by atoms with Crippen molar-refractivity contribution in [1.29, 1.82) is 0 Å². The van der Waals surface area contributed by atoms with Gasteiger partial charge in [0.25, 0.3) is 0 Å². The first-order valence-corrected chi connectivity index (χ1v) is 3.84. The largest absolute Gasteiger partial charge is 0.421 e. The fraction of sp³-hybridized carbons (Fsp3) is 0. The van der Waals surface area contributed by atoms with Gasteiger partial charge in [-0.15, -0.1) is 0 Å². The highest BCUT2D eigenvalue weighted by molar-refractivity contribution is 5.14. The lowest BCUT2D eigenvalue weighted by Gasteiger charge is -2.01. The first kappa shape index (κ1) is 8.36. The van der Waals surface area contributed by atoms with Gasteiger partial charge in [0.1, 0.15) is 0 Å². The van der Waals surface area contributed by atoms with Crippen molar-refractivity contribution in [2.45, 2.75) is 0 Å². The van der Waals surface area contributed by atoms with Crippen LogP contribution in [0.5, 0.6) is 11.8 Å². The third-order valence-corrected chi connectivity index (χ3v) is 1.40. The molecular weight excluding hydrogens is 184 g/mol. The molecule has 2 heterocycles. The molecule has 2 aromatic heterocycles. The summed E-state index contributed by atoms with van der Waals surface area (Å²) in [6.45, 7) is 0. The van der Waals surface area contributed by atoms with Gasteiger partial charge in [-0.2, -0.15) is 0 Å². The minimum atomic E-state index is -0.466. The zero-order chi connectivity index (χ0) is 9.80. The van der Waals surface area contributed by atoms with Crippen molar-refractivity contribution in [3.05, 3.63) is 41.3 Å². The summed E-state index contributed by atoms with van der Waals surface area (Å²) in [6, 6.07) is 1.52. The standard InChI is InChI=1S/C8H6N4O2/c13-8-11-2-1-6(12-8)14-7-5-9-3-4-10-7/h1-5H,(H,11,12,13). The highest BCUT2D eigenvalue weighted by Gasteiger charge is 1.97. The predicted molar refractivity (Wildman–Crippen MR) is 47.0 cm³/mol. The Bertz CT molecular complexity index is 468. The lowest BCUT2D eigenvalue weighted by Crippen LogP contribution is -2.09. The van der Waals surface area contributed by atoms with Gasteiger partial charge in [0.2, 0.25) is 11.8 Å². The summed E-state index contributed by atoms with van der Waals surface area (Å²) < 4.78 is 5.19. The topological polar surface area (TPSA) is 80.8 Å². The molecule has 2 rings (SSSR count). The molecule has 0 aromatic carbocycles. The van der Waals surface area contributed by atoms with E-state index in [-0.39, 0.29) is 5.88 Å². The van der Waals surface area contributed by atoms with Crippen molar-refractivity contribution >= 4 is 0 Å². The first-order chi connectivity index (χ1) is 6.84. The molecule has 6 nitrogen and oxygen atoms in total. The molecule has 2 aromatic rings. The molecule has 0 spiro atoms. The Morgan fingerprint density at radius 1 is 1.21 bits per heavy atom. The SMILES string of the molecule is O=c1nccc(Oc2cnccn2)[nH]1. The van der Waals surface area contributed by atoms with Gasteiger partial charge in [0.05, 0.1) is 6.20 Å². The number of nitrogens with zero attached hydrogens (tertiary/aromatic N) is 3. The van der Waals surface area contributed by atoms with Crippen LogP contribution in [0.3, 0.4) is 0 Å². The molecule has 0 aliphatic rings. The Morgan fingerprint density at radius 3 is 2.86 bits per heavy atom. The van der Waals surface area contributed by atoms with Crippen molar-refractivity contribution in [3.63, 3.8) is 0 Å². The number of ether oxygens (including phenoxy) is 1. The molecule has 0 saturated carbocycles. The van der Waals surface area contributed by atoms with E-state index in [1.807, 2.05) is 0 Å². The van der Waals surface area contributed by atoms with Crippen molar-refractivity contribution in [2.24, 2.45) is 0 Å². The second-order valence-corrected chi connectivity index (χ2v) is 2.38. The summed E-state index contributed by atoms with van der Waals surface area (Å²) in [7, 11) is 0. The summed E-state index contributed by atoms with van der Waals surface area (Å²) in [5.74, 6) is 0.597. The molecular formula is C8H6N4O2. The third-order valence-electron chi connectivity index (χ3n) is 1.40. The Morgan fingerprint density at radius 2 is 2.14 bits per heavy atom. The van der Waals surface area contributed by atoms with Gasteiger partial charge < -0.3 is 4.74 Å². The minimum Gasteiger partial charge on any atom is -0.421 e. The number of hydrogen-bond donors (Lipinski definition) is 1. The molecule has 0 unspecified atom stereocenters. The van der Waals surface area contributed by atoms with Gasteiger partial charge in [-0.1, -0.05) is 0 Å². The van der Waals surface area contributed by atoms with Crippen LogP contribution >= 0.6 is 0 Å². The van der Waals surface area contributed by atoms with E-state index >= 15 is 0 Å². The average Bonchev–Trinajstić information content (AvgIpc) is 2.19. The fourth-order valence-electron chi connectivity index (χ4n) is 0.862. The van der Waals surface area contributed by atoms with Gasteiger partial charge in [0, 0.05) is 24.7 Å². The zero-order valence-corrected chi connectivity index (χ0v) is 7.04. The summed E-state index contributed by atoms with van der Waals surface area (Å²) in [4.78, 5) is 24.3. The molecule has 0 radical (unpaired) electrons. The van der Waals surface area contributed by atoms with Crippen LogP contribution in [0.1, 0.15) is 0 Å². The molecule has 0 fully saturated rings. The quantitative estimate of drug-likeness (QED) is 0.739. The number of H-pyrrole nitrogens is 1. The smallest absolute Gasteiger partial charge is 0.347 e. The number of aromatic nitrogens is 4. The Balaban J connectivity index is 2.24. The highest BCUT2D eigenvalue weighted by atomic mass is 16.5. The lowest BCUT2D eigenvalue weighted by molar-refractivity contribution is 0.439. The molecule has 0 aliphatic heterocycles.